The second-order valence-corrected chi connectivity index (χ2v) is 6.06. The van der Waals surface area contributed by atoms with Crippen molar-refractivity contribution in [2.24, 2.45) is 0 Å². The number of hydrogen-bond acceptors (Lipinski definition) is 3. The lowest BCUT2D eigenvalue weighted by atomic mass is 10.0. The van der Waals surface area contributed by atoms with E-state index in [1.54, 1.807) is 12.3 Å². The molecule has 0 unspecified atom stereocenters. The zero-order chi connectivity index (χ0) is 14.8. The highest BCUT2D eigenvalue weighted by molar-refractivity contribution is 5.41. The third kappa shape index (κ3) is 3.51. The highest BCUT2D eigenvalue weighted by Gasteiger charge is 2.21. The Morgan fingerprint density at radius 2 is 2.00 bits per heavy atom. The van der Waals surface area contributed by atoms with Crippen LogP contribution in [-0.2, 0) is 6.54 Å². The molecule has 1 saturated carbocycles. The van der Waals surface area contributed by atoms with Crippen molar-refractivity contribution in [1.82, 2.24) is 9.78 Å². The number of rotatable bonds is 5. The number of nitrogens with one attached hydrogen (secondary N) is 1. The van der Waals surface area contributed by atoms with E-state index in [9.17, 15) is 4.79 Å². The van der Waals surface area contributed by atoms with Crippen molar-refractivity contribution in [3.05, 3.63) is 58.0 Å². The van der Waals surface area contributed by atoms with E-state index in [-0.39, 0.29) is 5.56 Å². The van der Waals surface area contributed by atoms with E-state index in [1.165, 1.54) is 23.1 Å². The van der Waals surface area contributed by atoms with Crippen LogP contribution in [0.4, 0.5) is 5.69 Å². The van der Waals surface area contributed by atoms with Gasteiger partial charge in [0.1, 0.15) is 0 Å². The third-order valence-electron chi connectivity index (χ3n) is 3.80. The number of benzene rings is 1. The molecule has 1 N–H and O–H groups in total. The number of aromatic nitrogens is 2. The molecule has 2 aromatic rings. The number of anilines is 1. The predicted molar refractivity (Wildman–Crippen MR) is 84.8 cm³/mol. The van der Waals surface area contributed by atoms with Crippen molar-refractivity contribution in [3.63, 3.8) is 0 Å². The summed E-state index contributed by atoms with van der Waals surface area (Å²) in [6.45, 7) is 4.86. The summed E-state index contributed by atoms with van der Waals surface area (Å²) in [5.74, 6) is 0.521. The largest absolute Gasteiger partial charge is 0.381 e. The normalized spacial score (nSPS) is 14.4. The van der Waals surface area contributed by atoms with Crippen LogP contribution in [0.15, 0.2) is 41.3 Å². The van der Waals surface area contributed by atoms with E-state index in [1.807, 2.05) is 0 Å². The fraction of sp³-hybridized carbons (Fsp3) is 0.412. The van der Waals surface area contributed by atoms with E-state index in [2.05, 4.69) is 48.5 Å². The molecular formula is C17H21N3O. The molecule has 1 aromatic carbocycles. The van der Waals surface area contributed by atoms with Gasteiger partial charge in [-0.2, -0.15) is 5.10 Å². The van der Waals surface area contributed by atoms with Gasteiger partial charge >= 0.3 is 0 Å². The Morgan fingerprint density at radius 1 is 1.29 bits per heavy atom. The van der Waals surface area contributed by atoms with Crippen LogP contribution in [0.2, 0.25) is 0 Å². The summed E-state index contributed by atoms with van der Waals surface area (Å²) in [4.78, 5) is 12.1. The molecule has 3 rings (SSSR count). The Hall–Kier alpha value is -2.10. The number of nitrogens with zero attached hydrogens (tertiary/aromatic N) is 2. The van der Waals surface area contributed by atoms with E-state index >= 15 is 0 Å². The zero-order valence-electron chi connectivity index (χ0n) is 12.5. The van der Waals surface area contributed by atoms with Crippen LogP contribution < -0.4 is 10.9 Å². The monoisotopic (exact) mass is 283 g/mol. The Bertz CT molecular complexity index is 669. The van der Waals surface area contributed by atoms with Gasteiger partial charge in [0.2, 0.25) is 0 Å². The molecule has 0 amide bonds. The molecule has 1 aromatic heterocycles. The summed E-state index contributed by atoms with van der Waals surface area (Å²) in [7, 11) is 0. The van der Waals surface area contributed by atoms with Gasteiger partial charge in [0.25, 0.3) is 5.56 Å². The van der Waals surface area contributed by atoms with E-state index in [0.29, 0.717) is 18.5 Å². The van der Waals surface area contributed by atoms with Crippen LogP contribution in [0.25, 0.3) is 0 Å². The van der Waals surface area contributed by atoms with Crippen molar-refractivity contribution in [3.8, 4) is 0 Å². The van der Waals surface area contributed by atoms with Gasteiger partial charge in [-0.3, -0.25) is 4.79 Å². The Kier molecular flexibility index (Phi) is 3.78. The SMILES string of the molecule is CC(C)c1ccc(Cn2ncc(NC3CC3)cc2=O)cc1. The minimum Gasteiger partial charge on any atom is -0.381 e. The molecule has 0 saturated heterocycles. The van der Waals surface area contributed by atoms with Gasteiger partial charge in [0.15, 0.2) is 0 Å². The molecule has 0 bridgehead atoms. The molecule has 21 heavy (non-hydrogen) atoms. The first-order chi connectivity index (χ1) is 10.1. The summed E-state index contributed by atoms with van der Waals surface area (Å²) in [5.41, 5.74) is 3.17. The van der Waals surface area contributed by atoms with Crippen LogP contribution >= 0.6 is 0 Å². The topological polar surface area (TPSA) is 46.9 Å². The van der Waals surface area contributed by atoms with Crippen LogP contribution in [0.5, 0.6) is 0 Å². The Morgan fingerprint density at radius 3 is 2.57 bits per heavy atom. The summed E-state index contributed by atoms with van der Waals surface area (Å²) < 4.78 is 1.50. The first-order valence-electron chi connectivity index (χ1n) is 7.54. The van der Waals surface area contributed by atoms with Crippen molar-refractivity contribution in [2.45, 2.75) is 45.2 Å². The molecular weight excluding hydrogens is 262 g/mol. The maximum atomic E-state index is 12.1. The molecule has 1 aliphatic rings. The van der Waals surface area contributed by atoms with Gasteiger partial charge in [0.05, 0.1) is 18.4 Å². The van der Waals surface area contributed by atoms with E-state index in [0.717, 1.165) is 11.3 Å². The van der Waals surface area contributed by atoms with Crippen molar-refractivity contribution in [2.75, 3.05) is 5.32 Å². The Balaban J connectivity index is 1.73. The molecule has 1 heterocycles. The average molecular weight is 283 g/mol. The minimum atomic E-state index is -0.0615. The summed E-state index contributed by atoms with van der Waals surface area (Å²) >= 11 is 0. The van der Waals surface area contributed by atoms with Crippen LogP contribution in [0, 0.1) is 0 Å². The molecule has 0 atom stereocenters. The van der Waals surface area contributed by atoms with Gasteiger partial charge in [-0.05, 0) is 29.9 Å². The molecule has 0 radical (unpaired) electrons. The number of hydrogen-bond donors (Lipinski definition) is 1. The lowest BCUT2D eigenvalue weighted by Gasteiger charge is -2.09. The maximum Gasteiger partial charge on any atom is 0.269 e. The van der Waals surface area contributed by atoms with E-state index < -0.39 is 0 Å². The quantitative estimate of drug-likeness (QED) is 0.917. The highest BCUT2D eigenvalue weighted by atomic mass is 16.1. The molecule has 1 fully saturated rings. The fourth-order valence-electron chi connectivity index (χ4n) is 2.28. The van der Waals surface area contributed by atoms with Gasteiger partial charge in [-0.15, -0.1) is 0 Å². The molecule has 4 heteroatoms. The van der Waals surface area contributed by atoms with Crippen LogP contribution in [0.1, 0.15) is 43.7 Å². The third-order valence-corrected chi connectivity index (χ3v) is 3.80. The average Bonchev–Trinajstić information content (AvgIpc) is 3.26. The standard InChI is InChI=1S/C17H21N3O/c1-12(2)14-5-3-13(4-6-14)11-20-17(21)9-16(10-18-20)19-15-7-8-15/h3-6,9-10,12,15,19H,7-8,11H2,1-2H3. The highest BCUT2D eigenvalue weighted by Crippen LogP contribution is 2.23. The second-order valence-electron chi connectivity index (χ2n) is 6.06. The summed E-state index contributed by atoms with van der Waals surface area (Å²) in [6.07, 6.45) is 4.11. The van der Waals surface area contributed by atoms with E-state index in [4.69, 9.17) is 0 Å². The van der Waals surface area contributed by atoms with Gasteiger partial charge < -0.3 is 5.32 Å². The molecule has 0 aliphatic heterocycles. The molecule has 110 valence electrons. The van der Waals surface area contributed by atoms with Crippen molar-refractivity contribution < 1.29 is 0 Å². The zero-order valence-corrected chi connectivity index (χ0v) is 12.5. The van der Waals surface area contributed by atoms with Crippen LogP contribution in [0.3, 0.4) is 0 Å². The smallest absolute Gasteiger partial charge is 0.269 e. The van der Waals surface area contributed by atoms with Crippen LogP contribution in [-0.4, -0.2) is 15.8 Å². The summed E-state index contributed by atoms with van der Waals surface area (Å²) in [6, 6.07) is 10.5. The molecule has 0 spiro atoms. The van der Waals surface area contributed by atoms with Crippen molar-refractivity contribution >= 4 is 5.69 Å². The first-order valence-corrected chi connectivity index (χ1v) is 7.54. The lowest BCUT2D eigenvalue weighted by Crippen LogP contribution is -2.23. The van der Waals surface area contributed by atoms with Gasteiger partial charge in [-0.25, -0.2) is 4.68 Å². The van der Waals surface area contributed by atoms with Gasteiger partial charge in [0, 0.05) is 12.1 Å². The van der Waals surface area contributed by atoms with Gasteiger partial charge in [-0.1, -0.05) is 38.1 Å². The minimum absolute atomic E-state index is 0.0615. The Labute approximate surface area is 124 Å². The first kappa shape index (κ1) is 13.9. The van der Waals surface area contributed by atoms with Crippen molar-refractivity contribution in [1.29, 1.82) is 0 Å². The second kappa shape index (κ2) is 5.72. The molecule has 4 nitrogen and oxygen atoms in total. The maximum absolute atomic E-state index is 12.1. The lowest BCUT2D eigenvalue weighted by molar-refractivity contribution is 0.639. The fourth-order valence-corrected chi connectivity index (χ4v) is 2.28. The molecule has 1 aliphatic carbocycles. The summed E-state index contributed by atoms with van der Waals surface area (Å²) in [5, 5.41) is 7.55. The predicted octanol–water partition coefficient (Wildman–Crippen LogP) is 2.99.